The van der Waals surface area contributed by atoms with E-state index in [1.165, 1.54) is 16.7 Å². The first-order valence-electron chi connectivity index (χ1n) is 7.18. The lowest BCUT2D eigenvalue weighted by Crippen LogP contribution is -2.30. The van der Waals surface area contributed by atoms with Crippen molar-refractivity contribution in [2.45, 2.75) is 33.0 Å². The van der Waals surface area contributed by atoms with Crippen molar-refractivity contribution in [3.05, 3.63) is 47.3 Å². The molecule has 0 N–H and O–H groups in total. The van der Waals surface area contributed by atoms with Gasteiger partial charge in [0.15, 0.2) is 0 Å². The Morgan fingerprint density at radius 1 is 1.35 bits per heavy atom. The molecule has 0 unspecified atom stereocenters. The molecule has 0 saturated heterocycles. The third kappa shape index (κ3) is 2.56. The first-order valence-corrected chi connectivity index (χ1v) is 7.18. The molecule has 0 aliphatic carbocycles. The molecule has 1 aliphatic heterocycles. The summed E-state index contributed by atoms with van der Waals surface area (Å²) >= 11 is 0. The molecule has 0 amide bonds. The molecule has 20 heavy (non-hydrogen) atoms. The molecule has 0 bridgehead atoms. The van der Waals surface area contributed by atoms with Crippen LogP contribution in [0.3, 0.4) is 0 Å². The van der Waals surface area contributed by atoms with E-state index in [2.05, 4.69) is 41.3 Å². The number of fused-ring (bicyclic) bond motifs is 1. The Balaban J connectivity index is 1.72. The van der Waals surface area contributed by atoms with Gasteiger partial charge in [-0.05, 0) is 30.5 Å². The van der Waals surface area contributed by atoms with Crippen LogP contribution in [0.25, 0.3) is 0 Å². The van der Waals surface area contributed by atoms with Gasteiger partial charge in [-0.1, -0.05) is 12.1 Å². The van der Waals surface area contributed by atoms with E-state index in [9.17, 15) is 0 Å². The van der Waals surface area contributed by atoms with Crippen molar-refractivity contribution in [1.29, 1.82) is 0 Å². The van der Waals surface area contributed by atoms with Gasteiger partial charge < -0.3 is 4.74 Å². The van der Waals surface area contributed by atoms with Gasteiger partial charge in [0.1, 0.15) is 5.75 Å². The minimum Gasteiger partial charge on any atom is -0.496 e. The molecule has 4 nitrogen and oxygen atoms in total. The summed E-state index contributed by atoms with van der Waals surface area (Å²) in [6, 6.07) is 6.34. The van der Waals surface area contributed by atoms with Crippen molar-refractivity contribution in [3.8, 4) is 5.75 Å². The van der Waals surface area contributed by atoms with Crippen LogP contribution in [-0.4, -0.2) is 28.3 Å². The first-order chi connectivity index (χ1) is 9.80. The molecular formula is C16H21N3O. The minimum absolute atomic E-state index is 0.931. The summed E-state index contributed by atoms with van der Waals surface area (Å²) in [5.41, 5.74) is 4.05. The zero-order valence-electron chi connectivity index (χ0n) is 12.2. The molecule has 1 aromatic carbocycles. The minimum atomic E-state index is 0.931. The van der Waals surface area contributed by atoms with Gasteiger partial charge in [-0.3, -0.25) is 9.58 Å². The second kappa shape index (κ2) is 5.67. The third-order valence-corrected chi connectivity index (χ3v) is 3.94. The number of hydrogen-bond acceptors (Lipinski definition) is 3. The quantitative estimate of drug-likeness (QED) is 0.856. The van der Waals surface area contributed by atoms with Crippen LogP contribution >= 0.6 is 0 Å². The number of hydrogen-bond donors (Lipinski definition) is 0. The van der Waals surface area contributed by atoms with Crippen LogP contribution in [0.2, 0.25) is 0 Å². The summed E-state index contributed by atoms with van der Waals surface area (Å²) in [5.74, 6) is 1.03. The van der Waals surface area contributed by atoms with Crippen LogP contribution in [0.5, 0.6) is 5.75 Å². The summed E-state index contributed by atoms with van der Waals surface area (Å²) < 4.78 is 7.43. The van der Waals surface area contributed by atoms with Crippen LogP contribution in [0, 0.1) is 0 Å². The van der Waals surface area contributed by atoms with E-state index in [0.29, 0.717) is 0 Å². The van der Waals surface area contributed by atoms with Crippen LogP contribution in [0.4, 0.5) is 0 Å². The third-order valence-electron chi connectivity index (χ3n) is 3.94. The average molecular weight is 271 g/mol. The Kier molecular flexibility index (Phi) is 3.74. The summed E-state index contributed by atoms with van der Waals surface area (Å²) in [4.78, 5) is 2.47. The Morgan fingerprint density at radius 3 is 3.00 bits per heavy atom. The smallest absolute Gasteiger partial charge is 0.122 e. The maximum absolute atomic E-state index is 5.45. The van der Waals surface area contributed by atoms with Gasteiger partial charge in [0.05, 0.1) is 13.3 Å². The molecule has 4 heteroatoms. The average Bonchev–Trinajstić information content (AvgIpc) is 2.94. The number of aromatic nitrogens is 2. The highest BCUT2D eigenvalue weighted by atomic mass is 16.5. The highest BCUT2D eigenvalue weighted by Gasteiger charge is 2.19. The molecule has 0 fully saturated rings. The van der Waals surface area contributed by atoms with E-state index < -0.39 is 0 Å². The van der Waals surface area contributed by atoms with Gasteiger partial charge in [-0.2, -0.15) is 5.10 Å². The zero-order valence-corrected chi connectivity index (χ0v) is 12.2. The zero-order chi connectivity index (χ0) is 13.9. The van der Waals surface area contributed by atoms with E-state index in [0.717, 1.165) is 38.3 Å². The maximum atomic E-state index is 5.45. The van der Waals surface area contributed by atoms with Gasteiger partial charge in [-0.25, -0.2) is 0 Å². The van der Waals surface area contributed by atoms with E-state index in [4.69, 9.17) is 4.74 Å². The first kappa shape index (κ1) is 13.2. The lowest BCUT2D eigenvalue weighted by molar-refractivity contribution is 0.242. The Bertz CT molecular complexity index is 591. The molecule has 2 heterocycles. The highest BCUT2D eigenvalue weighted by Crippen LogP contribution is 2.28. The van der Waals surface area contributed by atoms with Crippen LogP contribution < -0.4 is 4.74 Å². The lowest BCUT2D eigenvalue weighted by atomic mass is 9.98. The van der Waals surface area contributed by atoms with Crippen molar-refractivity contribution in [3.63, 3.8) is 0 Å². The molecule has 106 valence electrons. The molecule has 0 spiro atoms. The number of rotatable bonds is 4. The number of nitrogens with zero attached hydrogens (tertiary/aromatic N) is 3. The number of ether oxygens (including phenoxy) is 1. The SMILES string of the molecule is CCn1cc(CN2CCc3c(cccc3OC)C2)cn1. The van der Waals surface area contributed by atoms with Crippen molar-refractivity contribution < 1.29 is 4.74 Å². The number of aryl methyl sites for hydroxylation is 1. The molecule has 3 rings (SSSR count). The number of benzene rings is 1. The second-order valence-electron chi connectivity index (χ2n) is 5.26. The Hall–Kier alpha value is -1.81. The topological polar surface area (TPSA) is 30.3 Å². The summed E-state index contributed by atoms with van der Waals surface area (Å²) in [6.07, 6.45) is 5.17. The van der Waals surface area contributed by atoms with Crippen molar-refractivity contribution in [1.82, 2.24) is 14.7 Å². The van der Waals surface area contributed by atoms with Gasteiger partial charge in [-0.15, -0.1) is 0 Å². The summed E-state index contributed by atoms with van der Waals surface area (Å²) in [6.45, 7) is 6.07. The van der Waals surface area contributed by atoms with E-state index >= 15 is 0 Å². The highest BCUT2D eigenvalue weighted by molar-refractivity contribution is 5.41. The van der Waals surface area contributed by atoms with Gasteiger partial charge in [0.2, 0.25) is 0 Å². The molecule has 0 atom stereocenters. The van der Waals surface area contributed by atoms with Crippen molar-refractivity contribution in [2.24, 2.45) is 0 Å². The normalized spacial score (nSPS) is 15.1. The van der Waals surface area contributed by atoms with E-state index in [1.54, 1.807) is 7.11 Å². The second-order valence-corrected chi connectivity index (χ2v) is 5.26. The predicted molar refractivity (Wildman–Crippen MR) is 78.7 cm³/mol. The van der Waals surface area contributed by atoms with E-state index in [-0.39, 0.29) is 0 Å². The molecule has 1 aromatic heterocycles. The number of methoxy groups -OCH3 is 1. The molecular weight excluding hydrogens is 250 g/mol. The molecule has 2 aromatic rings. The Labute approximate surface area is 120 Å². The van der Waals surface area contributed by atoms with Gasteiger partial charge in [0.25, 0.3) is 0 Å². The monoisotopic (exact) mass is 271 g/mol. The van der Waals surface area contributed by atoms with Gasteiger partial charge >= 0.3 is 0 Å². The molecule has 0 saturated carbocycles. The van der Waals surface area contributed by atoms with Crippen molar-refractivity contribution >= 4 is 0 Å². The maximum Gasteiger partial charge on any atom is 0.122 e. The van der Waals surface area contributed by atoms with Crippen molar-refractivity contribution in [2.75, 3.05) is 13.7 Å². The fraction of sp³-hybridized carbons (Fsp3) is 0.438. The Morgan fingerprint density at radius 2 is 2.25 bits per heavy atom. The van der Waals surface area contributed by atoms with Crippen LogP contribution in [0.15, 0.2) is 30.6 Å². The van der Waals surface area contributed by atoms with Crippen LogP contribution in [-0.2, 0) is 26.1 Å². The van der Waals surface area contributed by atoms with Gasteiger partial charge in [0, 0.05) is 37.9 Å². The fourth-order valence-corrected chi connectivity index (χ4v) is 2.88. The molecule has 1 aliphatic rings. The lowest BCUT2D eigenvalue weighted by Gasteiger charge is -2.29. The summed E-state index contributed by atoms with van der Waals surface area (Å²) in [5, 5.41) is 4.34. The largest absolute Gasteiger partial charge is 0.496 e. The standard InChI is InChI=1S/C16H21N3O/c1-3-19-11-13(9-17-19)10-18-8-7-15-14(12-18)5-4-6-16(15)20-2/h4-6,9,11H,3,7-8,10,12H2,1-2H3. The molecule has 0 radical (unpaired) electrons. The van der Waals surface area contributed by atoms with Crippen LogP contribution in [0.1, 0.15) is 23.6 Å². The van der Waals surface area contributed by atoms with E-state index in [1.807, 2.05) is 10.9 Å². The summed E-state index contributed by atoms with van der Waals surface area (Å²) in [7, 11) is 1.75. The predicted octanol–water partition coefficient (Wildman–Crippen LogP) is 2.47. The fourth-order valence-electron chi connectivity index (χ4n) is 2.88.